The molecule has 0 bridgehead atoms. The van der Waals surface area contributed by atoms with Crippen LogP contribution in [0.2, 0.25) is 0 Å². The van der Waals surface area contributed by atoms with Gasteiger partial charge in [0.1, 0.15) is 0 Å². The first-order valence-corrected chi connectivity index (χ1v) is 5.98. The fourth-order valence-electron chi connectivity index (χ4n) is 2.53. The Kier molecular flexibility index (Phi) is 2.17. The number of carbonyl (C=O) groups excluding carboxylic acids is 1. The normalized spacial score (nSPS) is 33.9. The third-order valence-corrected chi connectivity index (χ3v) is 3.82. The zero-order chi connectivity index (χ0) is 12.8. The smallest absolute Gasteiger partial charge is 0.418 e. The summed E-state index contributed by atoms with van der Waals surface area (Å²) in [5, 5.41) is 0. The first-order valence-electron chi connectivity index (χ1n) is 5.98. The number of nitrogens with zero attached hydrogens (tertiary/aromatic N) is 1. The van der Waals surface area contributed by atoms with Gasteiger partial charge in [0.15, 0.2) is 5.60 Å². The molecule has 4 heteroatoms. The van der Waals surface area contributed by atoms with Crippen LogP contribution >= 0.6 is 0 Å². The van der Waals surface area contributed by atoms with E-state index in [1.165, 1.54) is 0 Å². The van der Waals surface area contributed by atoms with Crippen LogP contribution in [0.1, 0.15) is 20.3 Å². The van der Waals surface area contributed by atoms with E-state index in [-0.39, 0.29) is 6.09 Å². The number of ether oxygens (including phenoxy) is 2. The zero-order valence-electron chi connectivity index (χ0n) is 10.4. The second kappa shape index (κ2) is 3.51. The molecule has 2 aliphatic heterocycles. The molecule has 0 aromatic heterocycles. The minimum Gasteiger partial charge on any atom is -0.471 e. The lowest BCUT2D eigenvalue weighted by Gasteiger charge is -2.42. The maximum absolute atomic E-state index is 12.1. The predicted octanol–water partition coefficient (Wildman–Crippen LogP) is 3.05. The van der Waals surface area contributed by atoms with Crippen LogP contribution in [0.15, 0.2) is 42.7 Å². The monoisotopic (exact) mass is 245 g/mol. The molecule has 0 spiro atoms. The molecule has 1 aromatic carbocycles. The summed E-state index contributed by atoms with van der Waals surface area (Å²) in [6.45, 7) is 3.78. The minimum absolute atomic E-state index is 0.366. The molecule has 18 heavy (non-hydrogen) atoms. The molecule has 2 aliphatic rings. The number of amides is 1. The summed E-state index contributed by atoms with van der Waals surface area (Å²) in [5.74, 6) is 0. The highest BCUT2D eigenvalue weighted by atomic mass is 16.6. The van der Waals surface area contributed by atoms with Gasteiger partial charge in [-0.25, -0.2) is 9.69 Å². The van der Waals surface area contributed by atoms with Crippen molar-refractivity contribution in [3.8, 4) is 0 Å². The summed E-state index contributed by atoms with van der Waals surface area (Å²) >= 11 is 0. The topological polar surface area (TPSA) is 38.8 Å². The lowest BCUT2D eigenvalue weighted by Crippen LogP contribution is -2.57. The first kappa shape index (κ1) is 11.1. The molecule has 0 unspecified atom stereocenters. The van der Waals surface area contributed by atoms with Crippen LogP contribution in [0.5, 0.6) is 0 Å². The highest BCUT2D eigenvalue weighted by molar-refractivity contribution is 5.92. The Hall–Kier alpha value is -1.97. The van der Waals surface area contributed by atoms with E-state index in [9.17, 15) is 4.79 Å². The van der Waals surface area contributed by atoms with Crippen molar-refractivity contribution in [2.45, 2.75) is 31.6 Å². The van der Waals surface area contributed by atoms with Crippen LogP contribution in [0.25, 0.3) is 0 Å². The summed E-state index contributed by atoms with van der Waals surface area (Å²) < 4.78 is 11.3. The van der Waals surface area contributed by atoms with Crippen molar-refractivity contribution < 1.29 is 14.3 Å². The largest absolute Gasteiger partial charge is 0.471 e. The van der Waals surface area contributed by atoms with Crippen molar-refractivity contribution in [2.75, 3.05) is 4.90 Å². The number of anilines is 1. The number of fused-ring (bicyclic) bond motifs is 1. The van der Waals surface area contributed by atoms with Crippen molar-refractivity contribution >= 4 is 11.8 Å². The van der Waals surface area contributed by atoms with Crippen LogP contribution in [0, 0.1) is 0 Å². The van der Waals surface area contributed by atoms with Crippen LogP contribution < -0.4 is 4.90 Å². The Labute approximate surface area is 106 Å². The van der Waals surface area contributed by atoms with Gasteiger partial charge in [0, 0.05) is 6.42 Å². The molecule has 4 nitrogen and oxygen atoms in total. The van der Waals surface area contributed by atoms with Crippen molar-refractivity contribution in [2.24, 2.45) is 0 Å². The number of para-hydroxylation sites is 1. The zero-order valence-corrected chi connectivity index (χ0v) is 10.4. The number of rotatable bonds is 1. The number of hydrogen-bond acceptors (Lipinski definition) is 3. The third kappa shape index (κ3) is 1.29. The average Bonchev–Trinajstić information content (AvgIpc) is 2.56. The van der Waals surface area contributed by atoms with Gasteiger partial charge in [-0.05, 0) is 32.1 Å². The van der Waals surface area contributed by atoms with Crippen molar-refractivity contribution in [1.29, 1.82) is 0 Å². The molecule has 2 heterocycles. The van der Waals surface area contributed by atoms with E-state index in [4.69, 9.17) is 9.47 Å². The summed E-state index contributed by atoms with van der Waals surface area (Å²) in [4.78, 5) is 13.7. The molecule has 0 radical (unpaired) electrons. The van der Waals surface area contributed by atoms with E-state index in [2.05, 4.69) is 0 Å². The average molecular weight is 245 g/mol. The van der Waals surface area contributed by atoms with Crippen molar-refractivity contribution in [3.05, 3.63) is 42.7 Å². The Bertz CT molecular complexity index is 513. The van der Waals surface area contributed by atoms with E-state index in [0.29, 0.717) is 6.42 Å². The Morgan fingerprint density at radius 3 is 2.67 bits per heavy atom. The Morgan fingerprint density at radius 1 is 1.22 bits per heavy atom. The fourth-order valence-corrected chi connectivity index (χ4v) is 2.53. The van der Waals surface area contributed by atoms with Crippen molar-refractivity contribution in [3.63, 3.8) is 0 Å². The summed E-state index contributed by atoms with van der Waals surface area (Å²) in [6.07, 6.45) is 3.80. The van der Waals surface area contributed by atoms with Crippen molar-refractivity contribution in [1.82, 2.24) is 0 Å². The summed E-state index contributed by atoms with van der Waals surface area (Å²) in [5.41, 5.74) is -0.682. The van der Waals surface area contributed by atoms with Gasteiger partial charge in [-0.3, -0.25) is 0 Å². The SMILES string of the molecule is C[C@@]12OC=CC[C@]1(C)OC(=O)N2c1ccccc1. The Balaban J connectivity index is 2.10. The lowest BCUT2D eigenvalue weighted by molar-refractivity contribution is -0.100. The van der Waals surface area contributed by atoms with Gasteiger partial charge < -0.3 is 9.47 Å². The van der Waals surface area contributed by atoms with E-state index < -0.39 is 11.3 Å². The summed E-state index contributed by atoms with van der Waals surface area (Å²) in [7, 11) is 0. The molecular weight excluding hydrogens is 230 g/mol. The van der Waals surface area contributed by atoms with Crippen LogP contribution in [-0.4, -0.2) is 17.4 Å². The second-order valence-corrected chi connectivity index (χ2v) is 4.95. The van der Waals surface area contributed by atoms with Gasteiger partial charge in [-0.2, -0.15) is 0 Å². The lowest BCUT2D eigenvalue weighted by atomic mass is 9.88. The third-order valence-electron chi connectivity index (χ3n) is 3.82. The predicted molar refractivity (Wildman–Crippen MR) is 67.1 cm³/mol. The molecule has 1 fully saturated rings. The number of benzene rings is 1. The van der Waals surface area contributed by atoms with Gasteiger partial charge in [-0.15, -0.1) is 0 Å². The van der Waals surface area contributed by atoms with Gasteiger partial charge >= 0.3 is 6.09 Å². The van der Waals surface area contributed by atoms with Crippen LogP contribution in [0.4, 0.5) is 10.5 Å². The van der Waals surface area contributed by atoms with Gasteiger partial charge in [-0.1, -0.05) is 18.2 Å². The summed E-state index contributed by atoms with van der Waals surface area (Å²) in [6, 6.07) is 9.44. The van der Waals surface area contributed by atoms with E-state index in [1.807, 2.05) is 50.3 Å². The maximum Gasteiger partial charge on any atom is 0.418 e. The Morgan fingerprint density at radius 2 is 1.94 bits per heavy atom. The van der Waals surface area contributed by atoms with Gasteiger partial charge in [0.05, 0.1) is 11.9 Å². The van der Waals surface area contributed by atoms with Crippen LogP contribution in [-0.2, 0) is 9.47 Å². The number of carbonyl (C=O) groups is 1. The molecule has 1 aromatic rings. The molecule has 1 saturated heterocycles. The molecule has 3 rings (SSSR count). The molecule has 0 aliphatic carbocycles. The molecule has 2 atom stereocenters. The van der Waals surface area contributed by atoms with Crippen LogP contribution in [0.3, 0.4) is 0 Å². The maximum atomic E-state index is 12.1. The minimum atomic E-state index is -0.805. The first-order chi connectivity index (χ1) is 8.57. The molecular formula is C14H15NO3. The van der Waals surface area contributed by atoms with Gasteiger partial charge in [0.25, 0.3) is 0 Å². The second-order valence-electron chi connectivity index (χ2n) is 4.95. The molecule has 0 saturated carbocycles. The standard InChI is InChI=1S/C14H15NO3/c1-13-9-6-10-17-14(13,2)15(12(16)18-13)11-7-4-3-5-8-11/h3-8,10H,9H2,1-2H3/t13-,14+/m0/s1. The van der Waals surface area contributed by atoms with E-state index >= 15 is 0 Å². The van der Waals surface area contributed by atoms with E-state index in [1.54, 1.807) is 11.2 Å². The quantitative estimate of drug-likeness (QED) is 0.763. The molecule has 94 valence electrons. The van der Waals surface area contributed by atoms with E-state index in [0.717, 1.165) is 5.69 Å². The molecule has 1 amide bonds. The number of hydrogen-bond donors (Lipinski definition) is 0. The highest BCUT2D eigenvalue weighted by Gasteiger charge is 2.63. The molecule has 0 N–H and O–H groups in total. The fraction of sp³-hybridized carbons (Fsp3) is 0.357. The highest BCUT2D eigenvalue weighted by Crippen LogP contribution is 2.46. The van der Waals surface area contributed by atoms with Gasteiger partial charge in [0.2, 0.25) is 5.72 Å².